The molecule has 0 fully saturated rings. The highest BCUT2D eigenvalue weighted by atomic mass is 32.2. The number of aliphatic hydroxyl groups is 2. The molecule has 0 aliphatic rings. The Morgan fingerprint density at radius 1 is 0.551 bits per heavy atom. The number of carbonyl (C=O) groups is 1. The van der Waals surface area contributed by atoms with Crippen molar-refractivity contribution in [2.75, 3.05) is 5.75 Å². The first kappa shape index (κ1) is 47.8. The van der Waals surface area contributed by atoms with Crippen LogP contribution in [-0.2, 0) is 14.9 Å². The molecular formula is C41H79NO6S. The largest absolute Gasteiger partial charge is 0.387 e. The third-order valence-corrected chi connectivity index (χ3v) is 10.3. The molecule has 0 bridgehead atoms. The number of rotatable bonds is 37. The topological polar surface area (TPSA) is 124 Å². The van der Waals surface area contributed by atoms with E-state index in [0.717, 1.165) is 32.1 Å². The van der Waals surface area contributed by atoms with Crippen molar-refractivity contribution in [2.45, 2.75) is 225 Å². The first-order valence-corrected chi connectivity index (χ1v) is 22.3. The maximum Gasteiger partial charge on any atom is 0.267 e. The lowest BCUT2D eigenvalue weighted by atomic mass is 10.0. The molecule has 8 heteroatoms. The third-order valence-electron chi connectivity index (χ3n) is 9.49. The van der Waals surface area contributed by atoms with Crippen molar-refractivity contribution in [3.8, 4) is 0 Å². The van der Waals surface area contributed by atoms with Gasteiger partial charge in [-0.15, -0.1) is 0 Å². The molecule has 1 amide bonds. The highest BCUT2D eigenvalue weighted by Crippen LogP contribution is 2.16. The predicted molar refractivity (Wildman–Crippen MR) is 208 cm³/mol. The monoisotopic (exact) mass is 714 g/mol. The van der Waals surface area contributed by atoms with Gasteiger partial charge in [0.1, 0.15) is 6.10 Å². The first-order chi connectivity index (χ1) is 23.7. The van der Waals surface area contributed by atoms with Gasteiger partial charge in [-0.2, -0.15) is 8.42 Å². The van der Waals surface area contributed by atoms with Gasteiger partial charge >= 0.3 is 0 Å². The van der Waals surface area contributed by atoms with Gasteiger partial charge in [-0.25, -0.2) is 0 Å². The van der Waals surface area contributed by atoms with Crippen LogP contribution in [-0.4, -0.2) is 53.1 Å². The van der Waals surface area contributed by atoms with Gasteiger partial charge in [0.05, 0.1) is 17.9 Å². The zero-order valence-corrected chi connectivity index (χ0v) is 32.8. The lowest BCUT2D eigenvalue weighted by Crippen LogP contribution is -2.50. The summed E-state index contributed by atoms with van der Waals surface area (Å²) in [4.78, 5) is 12.6. The molecular weight excluding hydrogens is 635 g/mol. The van der Waals surface area contributed by atoms with Crippen molar-refractivity contribution < 1.29 is 28.0 Å². The number of allylic oxidation sites excluding steroid dienone is 3. The molecule has 7 nitrogen and oxygen atoms in total. The number of nitrogens with one attached hydrogen (secondary N) is 1. The number of aliphatic hydroxyl groups excluding tert-OH is 2. The van der Waals surface area contributed by atoms with Crippen LogP contribution in [0.4, 0.5) is 0 Å². The Bertz CT molecular complexity index is 890. The molecule has 0 aromatic carbocycles. The van der Waals surface area contributed by atoms with Crippen LogP contribution in [0.5, 0.6) is 0 Å². The van der Waals surface area contributed by atoms with Crippen LogP contribution >= 0.6 is 0 Å². The number of amides is 1. The Balaban J connectivity index is 3.94. The van der Waals surface area contributed by atoms with E-state index in [2.05, 4.69) is 31.3 Å². The van der Waals surface area contributed by atoms with E-state index in [1.165, 1.54) is 147 Å². The summed E-state index contributed by atoms with van der Waals surface area (Å²) >= 11 is 0. The Hall–Kier alpha value is -1.22. The van der Waals surface area contributed by atoms with Crippen molar-refractivity contribution in [2.24, 2.45) is 0 Å². The maximum absolute atomic E-state index is 12.6. The maximum atomic E-state index is 12.6. The number of unbranched alkanes of at least 4 members (excludes halogenated alkanes) is 26. The molecule has 0 rings (SSSR count). The molecule has 49 heavy (non-hydrogen) atoms. The minimum absolute atomic E-state index is 0.278. The summed E-state index contributed by atoms with van der Waals surface area (Å²) in [5.74, 6) is -1.55. The highest BCUT2D eigenvalue weighted by molar-refractivity contribution is 7.85. The summed E-state index contributed by atoms with van der Waals surface area (Å²) in [6.07, 6.45) is 41.1. The Morgan fingerprint density at radius 2 is 0.918 bits per heavy atom. The predicted octanol–water partition coefficient (Wildman–Crippen LogP) is 10.9. The van der Waals surface area contributed by atoms with E-state index in [1.54, 1.807) is 6.08 Å². The van der Waals surface area contributed by atoms with E-state index in [1.807, 2.05) is 0 Å². The molecule has 0 aliphatic heterocycles. The minimum atomic E-state index is -4.44. The van der Waals surface area contributed by atoms with Crippen molar-refractivity contribution in [3.63, 3.8) is 0 Å². The van der Waals surface area contributed by atoms with Crippen LogP contribution in [0, 0.1) is 0 Å². The van der Waals surface area contributed by atoms with Crippen LogP contribution in [0.25, 0.3) is 0 Å². The summed E-state index contributed by atoms with van der Waals surface area (Å²) < 4.78 is 32.4. The Kier molecular flexibility index (Phi) is 34.3. The van der Waals surface area contributed by atoms with Crippen LogP contribution in [0.1, 0.15) is 206 Å². The zero-order valence-electron chi connectivity index (χ0n) is 31.9. The third kappa shape index (κ3) is 35.0. The normalized spacial score (nSPS) is 14.1. The molecule has 4 N–H and O–H groups in total. The van der Waals surface area contributed by atoms with Crippen molar-refractivity contribution >= 4 is 16.0 Å². The quantitative estimate of drug-likeness (QED) is 0.0289. The summed E-state index contributed by atoms with van der Waals surface area (Å²) in [5.41, 5.74) is 0. The van der Waals surface area contributed by atoms with Crippen LogP contribution < -0.4 is 5.32 Å². The van der Waals surface area contributed by atoms with Crippen LogP contribution in [0.3, 0.4) is 0 Å². The second-order valence-corrected chi connectivity index (χ2v) is 15.9. The standard InChI is InChI=1S/C41H79NO6S/c1-3-5-7-9-11-13-15-16-17-18-19-20-21-22-23-24-26-28-30-32-34-36-40(44)41(45)42-38(37-49(46,47)48)39(43)35-33-31-29-27-25-14-12-10-8-6-4-2/h25,27,33,35,38-40,43-44H,3-24,26,28-32,34,36-37H2,1-2H3,(H,42,45)(H,46,47,48)/b27-25+,35-33+. The van der Waals surface area contributed by atoms with E-state index in [4.69, 9.17) is 0 Å². The molecule has 0 aromatic heterocycles. The van der Waals surface area contributed by atoms with Crippen molar-refractivity contribution in [1.82, 2.24) is 5.32 Å². The molecule has 290 valence electrons. The average molecular weight is 714 g/mol. The smallest absolute Gasteiger partial charge is 0.267 e. The average Bonchev–Trinajstić information content (AvgIpc) is 3.06. The van der Waals surface area contributed by atoms with E-state index >= 15 is 0 Å². The minimum Gasteiger partial charge on any atom is -0.387 e. The Labute approximate surface area is 303 Å². The number of hydrogen-bond acceptors (Lipinski definition) is 5. The van der Waals surface area contributed by atoms with Gasteiger partial charge in [0.15, 0.2) is 0 Å². The lowest BCUT2D eigenvalue weighted by molar-refractivity contribution is -0.130. The fraction of sp³-hybridized carbons (Fsp3) is 0.878. The summed E-state index contributed by atoms with van der Waals surface area (Å²) in [6, 6.07) is -1.24. The summed E-state index contributed by atoms with van der Waals surface area (Å²) in [6.45, 7) is 4.48. The van der Waals surface area contributed by atoms with Gasteiger partial charge in [-0.05, 0) is 32.1 Å². The van der Waals surface area contributed by atoms with Crippen LogP contribution in [0.2, 0.25) is 0 Å². The van der Waals surface area contributed by atoms with Gasteiger partial charge in [-0.3, -0.25) is 9.35 Å². The van der Waals surface area contributed by atoms with Crippen molar-refractivity contribution in [3.05, 3.63) is 24.3 Å². The second kappa shape index (κ2) is 35.2. The molecule has 3 unspecified atom stereocenters. The molecule has 0 spiro atoms. The molecule has 0 aromatic rings. The van der Waals surface area contributed by atoms with Gasteiger partial charge in [0, 0.05) is 0 Å². The number of carbonyl (C=O) groups excluding carboxylic acids is 1. The molecule has 0 heterocycles. The lowest BCUT2D eigenvalue weighted by Gasteiger charge is -2.22. The summed E-state index contributed by atoms with van der Waals surface area (Å²) in [5, 5.41) is 23.3. The molecule has 0 saturated heterocycles. The molecule has 0 radical (unpaired) electrons. The van der Waals surface area contributed by atoms with E-state index < -0.39 is 40.0 Å². The van der Waals surface area contributed by atoms with E-state index in [-0.39, 0.29) is 6.42 Å². The first-order valence-electron chi connectivity index (χ1n) is 20.6. The molecule has 0 aliphatic carbocycles. The van der Waals surface area contributed by atoms with Crippen molar-refractivity contribution in [1.29, 1.82) is 0 Å². The van der Waals surface area contributed by atoms with Gasteiger partial charge in [0.2, 0.25) is 5.91 Å². The van der Waals surface area contributed by atoms with Gasteiger partial charge < -0.3 is 15.5 Å². The number of hydrogen-bond donors (Lipinski definition) is 4. The fourth-order valence-electron chi connectivity index (χ4n) is 6.30. The molecule has 3 atom stereocenters. The van der Waals surface area contributed by atoms with Gasteiger partial charge in [-0.1, -0.05) is 199 Å². The highest BCUT2D eigenvalue weighted by Gasteiger charge is 2.27. The van der Waals surface area contributed by atoms with Crippen LogP contribution in [0.15, 0.2) is 24.3 Å². The zero-order chi connectivity index (χ0) is 36.3. The van der Waals surface area contributed by atoms with E-state index in [0.29, 0.717) is 12.8 Å². The second-order valence-electron chi connectivity index (χ2n) is 14.4. The van der Waals surface area contributed by atoms with Gasteiger partial charge in [0.25, 0.3) is 10.1 Å². The Morgan fingerprint density at radius 3 is 1.35 bits per heavy atom. The SMILES string of the molecule is CCCCCCC/C=C/CC/C=C/C(O)C(CS(=O)(=O)O)NC(=O)C(O)CCCCCCCCCCCCCCCCCCCCCCC. The van der Waals surface area contributed by atoms with E-state index in [9.17, 15) is 28.0 Å². The summed E-state index contributed by atoms with van der Waals surface area (Å²) in [7, 11) is -4.44. The fourth-order valence-corrected chi connectivity index (χ4v) is 7.03. The molecule has 0 saturated carbocycles.